The SMILES string of the molecule is O=C(c1ccc(I)cc1)N(Cc1ccc(Br)cc1)C1CCNCC1. The molecule has 0 saturated carbocycles. The second-order valence-electron chi connectivity index (χ2n) is 6.05. The zero-order chi connectivity index (χ0) is 16.9. The molecule has 1 heterocycles. The maximum atomic E-state index is 13.1. The summed E-state index contributed by atoms with van der Waals surface area (Å²) in [6.07, 6.45) is 2.01. The fourth-order valence-electron chi connectivity index (χ4n) is 3.03. The largest absolute Gasteiger partial charge is 0.331 e. The van der Waals surface area contributed by atoms with Crippen molar-refractivity contribution in [1.29, 1.82) is 0 Å². The second kappa shape index (κ2) is 8.45. The van der Waals surface area contributed by atoms with Crippen molar-refractivity contribution < 1.29 is 4.79 Å². The van der Waals surface area contributed by atoms with Gasteiger partial charge in [-0.3, -0.25) is 4.79 Å². The number of hydrogen-bond acceptors (Lipinski definition) is 2. The topological polar surface area (TPSA) is 32.3 Å². The van der Waals surface area contributed by atoms with Gasteiger partial charge in [0, 0.05) is 26.2 Å². The minimum Gasteiger partial charge on any atom is -0.331 e. The average Bonchev–Trinajstić information content (AvgIpc) is 2.62. The predicted octanol–water partition coefficient (Wildman–Crippen LogP) is 4.45. The van der Waals surface area contributed by atoms with Gasteiger partial charge in [-0.05, 0) is 90.5 Å². The first-order valence-electron chi connectivity index (χ1n) is 8.15. The summed E-state index contributed by atoms with van der Waals surface area (Å²) >= 11 is 5.74. The van der Waals surface area contributed by atoms with E-state index in [1.165, 1.54) is 0 Å². The number of carbonyl (C=O) groups is 1. The van der Waals surface area contributed by atoms with Crippen LogP contribution in [0, 0.1) is 3.57 Å². The molecule has 1 amide bonds. The second-order valence-corrected chi connectivity index (χ2v) is 8.21. The number of carbonyl (C=O) groups excluding carboxylic acids is 1. The highest BCUT2D eigenvalue weighted by Gasteiger charge is 2.26. The Morgan fingerprint density at radius 1 is 1.08 bits per heavy atom. The molecule has 1 aliphatic heterocycles. The van der Waals surface area contributed by atoms with Gasteiger partial charge >= 0.3 is 0 Å². The van der Waals surface area contributed by atoms with Gasteiger partial charge in [0.05, 0.1) is 0 Å². The van der Waals surface area contributed by atoms with Crippen molar-refractivity contribution >= 4 is 44.4 Å². The molecular formula is C19H20BrIN2O. The Labute approximate surface area is 165 Å². The minimum atomic E-state index is 0.126. The Morgan fingerprint density at radius 2 is 1.71 bits per heavy atom. The quantitative estimate of drug-likeness (QED) is 0.632. The summed E-state index contributed by atoms with van der Waals surface area (Å²) in [7, 11) is 0. The van der Waals surface area contributed by atoms with Crippen LogP contribution in [0.3, 0.4) is 0 Å². The molecule has 0 atom stereocenters. The summed E-state index contributed by atoms with van der Waals surface area (Å²) in [5.74, 6) is 0.126. The molecule has 2 aromatic carbocycles. The fraction of sp³-hybridized carbons (Fsp3) is 0.316. The van der Waals surface area contributed by atoms with Crippen molar-refractivity contribution in [3.63, 3.8) is 0 Å². The molecule has 0 bridgehead atoms. The molecule has 3 rings (SSSR count). The number of benzene rings is 2. The van der Waals surface area contributed by atoms with Crippen molar-refractivity contribution in [2.75, 3.05) is 13.1 Å². The maximum absolute atomic E-state index is 13.1. The summed E-state index contributed by atoms with van der Waals surface area (Å²) in [6.45, 7) is 2.60. The van der Waals surface area contributed by atoms with E-state index in [4.69, 9.17) is 0 Å². The normalized spacial score (nSPS) is 15.2. The predicted molar refractivity (Wildman–Crippen MR) is 109 cm³/mol. The van der Waals surface area contributed by atoms with Gasteiger partial charge in [0.2, 0.25) is 0 Å². The summed E-state index contributed by atoms with van der Waals surface area (Å²) in [5, 5.41) is 3.38. The molecule has 0 spiro atoms. The first kappa shape index (κ1) is 17.9. The van der Waals surface area contributed by atoms with E-state index in [0.29, 0.717) is 12.6 Å². The Kier molecular flexibility index (Phi) is 6.30. The van der Waals surface area contributed by atoms with Crippen molar-refractivity contribution in [3.05, 3.63) is 67.7 Å². The van der Waals surface area contributed by atoms with Crippen molar-refractivity contribution in [2.45, 2.75) is 25.4 Å². The number of nitrogens with one attached hydrogen (secondary N) is 1. The van der Waals surface area contributed by atoms with Crippen LogP contribution in [0.2, 0.25) is 0 Å². The number of amides is 1. The molecule has 1 N–H and O–H groups in total. The van der Waals surface area contributed by atoms with Crippen LogP contribution in [-0.2, 0) is 6.54 Å². The molecule has 2 aromatic rings. The molecule has 0 aliphatic carbocycles. The van der Waals surface area contributed by atoms with Crippen LogP contribution in [0.5, 0.6) is 0 Å². The van der Waals surface area contributed by atoms with E-state index in [1.54, 1.807) is 0 Å². The number of nitrogens with zero attached hydrogens (tertiary/aromatic N) is 1. The molecule has 126 valence electrons. The molecule has 1 fully saturated rings. The average molecular weight is 499 g/mol. The Morgan fingerprint density at radius 3 is 2.33 bits per heavy atom. The van der Waals surface area contributed by atoms with Crippen LogP contribution >= 0.6 is 38.5 Å². The van der Waals surface area contributed by atoms with Crippen LogP contribution < -0.4 is 5.32 Å². The zero-order valence-electron chi connectivity index (χ0n) is 13.3. The van der Waals surface area contributed by atoms with Crippen molar-refractivity contribution in [1.82, 2.24) is 10.2 Å². The third kappa shape index (κ3) is 4.58. The van der Waals surface area contributed by atoms with E-state index >= 15 is 0 Å². The van der Waals surface area contributed by atoms with Gasteiger partial charge in [0.1, 0.15) is 0 Å². The first-order valence-corrected chi connectivity index (χ1v) is 10.0. The number of hydrogen-bond donors (Lipinski definition) is 1. The van der Waals surface area contributed by atoms with Crippen LogP contribution in [0.25, 0.3) is 0 Å². The number of halogens is 2. The molecular weight excluding hydrogens is 479 g/mol. The highest BCUT2D eigenvalue weighted by molar-refractivity contribution is 14.1. The molecule has 0 radical (unpaired) electrons. The van der Waals surface area contributed by atoms with Gasteiger partial charge < -0.3 is 10.2 Å². The van der Waals surface area contributed by atoms with E-state index < -0.39 is 0 Å². The van der Waals surface area contributed by atoms with Crippen molar-refractivity contribution in [3.8, 4) is 0 Å². The lowest BCUT2D eigenvalue weighted by molar-refractivity contribution is 0.0623. The van der Waals surface area contributed by atoms with Gasteiger partial charge in [-0.2, -0.15) is 0 Å². The molecule has 1 saturated heterocycles. The summed E-state index contributed by atoms with van der Waals surface area (Å²) in [5.41, 5.74) is 1.93. The highest BCUT2D eigenvalue weighted by Crippen LogP contribution is 2.21. The third-order valence-corrected chi connectivity index (χ3v) is 5.62. The maximum Gasteiger partial charge on any atom is 0.254 e. The van der Waals surface area contributed by atoms with Gasteiger partial charge in [0.15, 0.2) is 0 Å². The van der Waals surface area contributed by atoms with Gasteiger partial charge in [-0.15, -0.1) is 0 Å². The van der Waals surface area contributed by atoms with Crippen LogP contribution in [-0.4, -0.2) is 29.9 Å². The number of rotatable bonds is 4. The lowest BCUT2D eigenvalue weighted by Gasteiger charge is -2.35. The Balaban J connectivity index is 1.84. The molecule has 1 aliphatic rings. The van der Waals surface area contributed by atoms with E-state index in [1.807, 2.05) is 41.3 Å². The Hall–Kier alpha value is -0.920. The standard InChI is InChI=1S/C19H20BrIN2O/c20-16-5-1-14(2-6-16)13-23(18-9-11-22-12-10-18)19(24)15-3-7-17(21)8-4-15/h1-8,18,22H,9-13H2. The minimum absolute atomic E-state index is 0.126. The van der Waals surface area contributed by atoms with E-state index in [9.17, 15) is 4.79 Å². The smallest absolute Gasteiger partial charge is 0.254 e. The summed E-state index contributed by atoms with van der Waals surface area (Å²) in [6, 6.07) is 16.4. The molecule has 3 nitrogen and oxygen atoms in total. The van der Waals surface area contributed by atoms with Crippen LogP contribution in [0.4, 0.5) is 0 Å². The molecule has 0 aromatic heterocycles. The third-order valence-electron chi connectivity index (χ3n) is 4.37. The summed E-state index contributed by atoms with van der Waals surface area (Å²) < 4.78 is 2.20. The lowest BCUT2D eigenvalue weighted by atomic mass is 10.0. The van der Waals surface area contributed by atoms with Crippen LogP contribution in [0.15, 0.2) is 53.0 Å². The van der Waals surface area contributed by atoms with Crippen molar-refractivity contribution in [2.24, 2.45) is 0 Å². The Bertz CT molecular complexity index is 682. The van der Waals surface area contributed by atoms with Gasteiger partial charge in [0.25, 0.3) is 5.91 Å². The summed E-state index contributed by atoms with van der Waals surface area (Å²) in [4.78, 5) is 15.2. The molecule has 24 heavy (non-hydrogen) atoms. The van der Waals surface area contributed by atoms with E-state index in [-0.39, 0.29) is 5.91 Å². The van der Waals surface area contributed by atoms with Gasteiger partial charge in [-0.1, -0.05) is 28.1 Å². The van der Waals surface area contributed by atoms with Crippen LogP contribution in [0.1, 0.15) is 28.8 Å². The molecule has 0 unspecified atom stereocenters. The van der Waals surface area contributed by atoms with Gasteiger partial charge in [-0.25, -0.2) is 0 Å². The monoisotopic (exact) mass is 498 g/mol. The fourth-order valence-corrected chi connectivity index (χ4v) is 3.65. The lowest BCUT2D eigenvalue weighted by Crippen LogP contribution is -2.45. The molecule has 5 heteroatoms. The first-order chi connectivity index (χ1) is 11.6. The number of piperidine rings is 1. The zero-order valence-corrected chi connectivity index (χ0v) is 17.1. The van der Waals surface area contributed by atoms with E-state index in [0.717, 1.165) is 45.1 Å². The van der Waals surface area contributed by atoms with E-state index in [2.05, 4.69) is 56.0 Å². The highest BCUT2D eigenvalue weighted by atomic mass is 127.